The Hall–Kier alpha value is -2.22. The fraction of sp³-hybridized carbons (Fsp3) is 0.222. The van der Waals surface area contributed by atoms with Crippen LogP contribution in [0.2, 0.25) is 5.02 Å². The van der Waals surface area contributed by atoms with Crippen molar-refractivity contribution in [3.63, 3.8) is 0 Å². The van der Waals surface area contributed by atoms with E-state index in [-0.39, 0.29) is 6.54 Å². The van der Waals surface area contributed by atoms with Crippen molar-refractivity contribution in [1.82, 2.24) is 19.9 Å². The van der Waals surface area contributed by atoms with E-state index in [2.05, 4.69) is 19.9 Å². The maximum Gasteiger partial charge on any atom is 0.240 e. The third kappa shape index (κ3) is 4.30. The maximum absolute atomic E-state index is 12.4. The molecule has 0 radical (unpaired) electrons. The van der Waals surface area contributed by atoms with Gasteiger partial charge >= 0.3 is 0 Å². The molecule has 0 spiro atoms. The first-order valence-corrected chi connectivity index (χ1v) is 9.95. The van der Waals surface area contributed by atoms with Crippen molar-refractivity contribution in [3.05, 3.63) is 64.4 Å². The van der Waals surface area contributed by atoms with Gasteiger partial charge in [0.15, 0.2) is 5.82 Å². The number of sulfonamides is 1. The van der Waals surface area contributed by atoms with Crippen LogP contribution in [-0.4, -0.2) is 30.1 Å². The lowest BCUT2D eigenvalue weighted by atomic mass is 10.2. The molecule has 2 aromatic carbocycles. The molecular weight excluding hydrogens is 372 g/mol. The number of hydrogen-bond donors (Lipinski definition) is 2. The summed E-state index contributed by atoms with van der Waals surface area (Å²) in [5.41, 5.74) is 2.59. The van der Waals surface area contributed by atoms with Crippen LogP contribution in [0.5, 0.6) is 0 Å². The van der Waals surface area contributed by atoms with Gasteiger partial charge in [-0.15, -0.1) is 0 Å². The summed E-state index contributed by atoms with van der Waals surface area (Å²) >= 11 is 5.87. The summed E-state index contributed by atoms with van der Waals surface area (Å²) < 4.78 is 27.5. The van der Waals surface area contributed by atoms with Crippen molar-refractivity contribution in [2.24, 2.45) is 0 Å². The second-order valence-electron chi connectivity index (χ2n) is 6.03. The van der Waals surface area contributed by atoms with Gasteiger partial charge in [0.2, 0.25) is 10.0 Å². The lowest BCUT2D eigenvalue weighted by molar-refractivity contribution is 0.580. The minimum Gasteiger partial charge on any atom is -0.263 e. The van der Waals surface area contributed by atoms with Crippen LogP contribution in [0, 0.1) is 13.8 Å². The zero-order valence-corrected chi connectivity index (χ0v) is 16.0. The van der Waals surface area contributed by atoms with Crippen molar-refractivity contribution in [2.75, 3.05) is 6.54 Å². The first-order valence-electron chi connectivity index (χ1n) is 8.09. The minimum absolute atomic E-state index is 0.227. The number of hydrogen-bond acceptors (Lipinski definition) is 4. The number of halogens is 1. The fourth-order valence-electron chi connectivity index (χ4n) is 2.62. The molecule has 3 rings (SSSR count). The number of nitrogens with zero attached hydrogens (tertiary/aromatic N) is 2. The normalized spacial score (nSPS) is 11.7. The van der Waals surface area contributed by atoms with Crippen molar-refractivity contribution in [1.29, 1.82) is 0 Å². The Morgan fingerprint density at radius 1 is 1.12 bits per heavy atom. The highest BCUT2D eigenvalue weighted by molar-refractivity contribution is 7.89. The van der Waals surface area contributed by atoms with E-state index in [9.17, 15) is 8.42 Å². The lowest BCUT2D eigenvalue weighted by Gasteiger charge is -2.09. The molecule has 0 aliphatic heterocycles. The van der Waals surface area contributed by atoms with Crippen LogP contribution in [0.25, 0.3) is 11.4 Å². The summed E-state index contributed by atoms with van der Waals surface area (Å²) in [6.07, 6.45) is 0.407. The van der Waals surface area contributed by atoms with Crippen molar-refractivity contribution in [3.8, 4) is 11.4 Å². The number of nitrogens with one attached hydrogen (secondary N) is 2. The standard InChI is InChI=1S/C18H19ClN4O2S/c1-12-3-8-16(13(2)11-12)26(24,25)20-10-9-17-21-18(23-22-17)14-4-6-15(19)7-5-14/h3-8,11,20H,9-10H2,1-2H3,(H,21,22,23). The van der Waals surface area contributed by atoms with E-state index in [1.807, 2.05) is 25.1 Å². The van der Waals surface area contributed by atoms with Gasteiger partial charge in [0.05, 0.1) is 4.90 Å². The Morgan fingerprint density at radius 3 is 2.54 bits per heavy atom. The molecule has 1 aromatic heterocycles. The minimum atomic E-state index is -3.55. The third-order valence-electron chi connectivity index (χ3n) is 3.91. The zero-order valence-electron chi connectivity index (χ0n) is 14.5. The van der Waals surface area contributed by atoms with E-state index in [0.717, 1.165) is 16.7 Å². The van der Waals surface area contributed by atoms with E-state index in [1.165, 1.54) is 0 Å². The molecule has 0 bridgehead atoms. The predicted molar refractivity (Wildman–Crippen MR) is 102 cm³/mol. The Kier molecular flexibility index (Phi) is 5.41. The molecular formula is C18H19ClN4O2S. The highest BCUT2D eigenvalue weighted by Crippen LogP contribution is 2.18. The molecule has 0 fully saturated rings. The van der Waals surface area contributed by atoms with Gasteiger partial charge in [-0.1, -0.05) is 29.3 Å². The van der Waals surface area contributed by atoms with Crippen LogP contribution in [0.15, 0.2) is 47.4 Å². The van der Waals surface area contributed by atoms with Crippen molar-refractivity contribution < 1.29 is 8.42 Å². The van der Waals surface area contributed by atoms with E-state index in [0.29, 0.717) is 28.0 Å². The van der Waals surface area contributed by atoms with Crippen LogP contribution in [-0.2, 0) is 16.4 Å². The molecule has 3 aromatic rings. The molecule has 2 N–H and O–H groups in total. The van der Waals surface area contributed by atoms with Gasteiger partial charge in [0.1, 0.15) is 5.82 Å². The Labute approximate surface area is 157 Å². The molecule has 26 heavy (non-hydrogen) atoms. The predicted octanol–water partition coefficient (Wildman–Crippen LogP) is 3.26. The maximum atomic E-state index is 12.4. The van der Waals surface area contributed by atoms with Crippen LogP contribution < -0.4 is 4.72 Å². The Bertz CT molecular complexity index is 1010. The van der Waals surface area contributed by atoms with Crippen molar-refractivity contribution in [2.45, 2.75) is 25.2 Å². The second-order valence-corrected chi connectivity index (χ2v) is 8.20. The number of aryl methyl sites for hydroxylation is 2. The number of aromatic amines is 1. The van der Waals surface area contributed by atoms with Gasteiger partial charge < -0.3 is 0 Å². The first kappa shape index (κ1) is 18.6. The molecule has 0 aliphatic rings. The van der Waals surface area contributed by atoms with E-state index >= 15 is 0 Å². The molecule has 0 unspecified atom stereocenters. The highest BCUT2D eigenvalue weighted by atomic mass is 35.5. The van der Waals surface area contributed by atoms with Crippen LogP contribution in [0.3, 0.4) is 0 Å². The van der Waals surface area contributed by atoms with Gasteiger partial charge in [-0.05, 0) is 49.7 Å². The van der Waals surface area contributed by atoms with E-state index in [1.54, 1.807) is 31.2 Å². The smallest absolute Gasteiger partial charge is 0.240 e. The average molecular weight is 391 g/mol. The van der Waals surface area contributed by atoms with E-state index in [4.69, 9.17) is 11.6 Å². The molecule has 1 heterocycles. The van der Waals surface area contributed by atoms with Crippen LogP contribution in [0.1, 0.15) is 17.0 Å². The van der Waals surface area contributed by atoms with Crippen molar-refractivity contribution >= 4 is 21.6 Å². The zero-order chi connectivity index (χ0) is 18.7. The molecule has 0 amide bonds. The number of aromatic nitrogens is 3. The molecule has 6 nitrogen and oxygen atoms in total. The SMILES string of the molecule is Cc1ccc(S(=O)(=O)NCCc2nc(-c3ccc(Cl)cc3)n[nH]2)c(C)c1. The lowest BCUT2D eigenvalue weighted by Crippen LogP contribution is -2.26. The first-order chi connectivity index (χ1) is 12.3. The number of H-pyrrole nitrogens is 1. The Balaban J connectivity index is 1.64. The Morgan fingerprint density at radius 2 is 1.85 bits per heavy atom. The van der Waals surface area contributed by atoms with Gasteiger partial charge in [-0.2, -0.15) is 5.10 Å². The summed E-state index contributed by atoms with van der Waals surface area (Å²) in [7, 11) is -3.55. The highest BCUT2D eigenvalue weighted by Gasteiger charge is 2.16. The third-order valence-corrected chi connectivity index (χ3v) is 5.78. The van der Waals surface area contributed by atoms with Gasteiger partial charge in [0, 0.05) is 23.6 Å². The van der Waals surface area contributed by atoms with Crippen LogP contribution in [0.4, 0.5) is 0 Å². The fourth-order valence-corrected chi connectivity index (χ4v) is 4.00. The topological polar surface area (TPSA) is 87.7 Å². The van der Waals surface area contributed by atoms with E-state index < -0.39 is 10.0 Å². The molecule has 0 saturated heterocycles. The molecule has 136 valence electrons. The van der Waals surface area contributed by atoms with Gasteiger partial charge in [-0.3, -0.25) is 5.10 Å². The summed E-state index contributed by atoms with van der Waals surface area (Å²) in [5.74, 6) is 1.16. The quantitative estimate of drug-likeness (QED) is 0.676. The molecule has 0 aliphatic carbocycles. The number of rotatable bonds is 6. The molecule has 0 saturated carbocycles. The monoisotopic (exact) mass is 390 g/mol. The second kappa shape index (κ2) is 7.57. The van der Waals surface area contributed by atoms with Gasteiger partial charge in [-0.25, -0.2) is 18.1 Å². The molecule has 8 heteroatoms. The average Bonchev–Trinajstić information content (AvgIpc) is 3.04. The number of benzene rings is 2. The largest absolute Gasteiger partial charge is 0.263 e. The van der Waals surface area contributed by atoms with Crippen LogP contribution >= 0.6 is 11.6 Å². The summed E-state index contributed by atoms with van der Waals surface area (Å²) in [6.45, 7) is 3.94. The summed E-state index contributed by atoms with van der Waals surface area (Å²) in [6, 6.07) is 12.5. The summed E-state index contributed by atoms with van der Waals surface area (Å²) in [4.78, 5) is 4.68. The molecule has 0 atom stereocenters. The summed E-state index contributed by atoms with van der Waals surface area (Å²) in [5, 5.41) is 7.64. The van der Waals surface area contributed by atoms with Gasteiger partial charge in [0.25, 0.3) is 0 Å².